The normalized spacial score (nSPS) is 17.0. The molecule has 1 aliphatic rings. The molecule has 24 heavy (non-hydrogen) atoms. The average molecular weight is 324 g/mol. The summed E-state index contributed by atoms with van der Waals surface area (Å²) in [5, 5.41) is 4.93. The number of aryl methyl sites for hydroxylation is 1. The number of benzene rings is 2. The van der Waals surface area contributed by atoms with Crippen molar-refractivity contribution in [2.24, 2.45) is 0 Å². The van der Waals surface area contributed by atoms with E-state index in [0.717, 1.165) is 25.8 Å². The fourth-order valence-corrected chi connectivity index (χ4v) is 3.51. The highest BCUT2D eigenvalue weighted by Gasteiger charge is 2.21. The minimum Gasteiger partial charge on any atom is -0.492 e. The van der Waals surface area contributed by atoms with Gasteiger partial charge in [0.2, 0.25) is 0 Å². The van der Waals surface area contributed by atoms with Gasteiger partial charge in [-0.05, 0) is 55.2 Å². The van der Waals surface area contributed by atoms with Crippen LogP contribution in [0.5, 0.6) is 5.75 Å². The smallest absolute Gasteiger partial charge is 0.123 e. The van der Waals surface area contributed by atoms with Crippen LogP contribution in [0.4, 0.5) is 4.39 Å². The molecule has 1 aromatic heterocycles. The van der Waals surface area contributed by atoms with E-state index in [-0.39, 0.29) is 5.82 Å². The van der Waals surface area contributed by atoms with Crippen LogP contribution in [0, 0.1) is 5.82 Å². The van der Waals surface area contributed by atoms with Gasteiger partial charge in [0.25, 0.3) is 0 Å². The summed E-state index contributed by atoms with van der Waals surface area (Å²) in [5.74, 6) is 0.470. The molecule has 0 saturated carbocycles. The Morgan fingerprint density at radius 3 is 2.83 bits per heavy atom. The van der Waals surface area contributed by atoms with Crippen molar-refractivity contribution < 1.29 is 9.13 Å². The largest absolute Gasteiger partial charge is 0.492 e. The Morgan fingerprint density at radius 2 is 1.96 bits per heavy atom. The quantitative estimate of drug-likeness (QED) is 0.700. The highest BCUT2D eigenvalue weighted by Crippen LogP contribution is 2.28. The zero-order chi connectivity index (χ0) is 16.4. The van der Waals surface area contributed by atoms with Crippen molar-refractivity contribution in [3.05, 3.63) is 65.6 Å². The van der Waals surface area contributed by atoms with Gasteiger partial charge in [-0.2, -0.15) is 0 Å². The van der Waals surface area contributed by atoms with Crippen molar-refractivity contribution in [3.63, 3.8) is 0 Å². The van der Waals surface area contributed by atoms with Crippen LogP contribution in [0.2, 0.25) is 0 Å². The lowest BCUT2D eigenvalue weighted by Crippen LogP contribution is -2.36. The molecule has 0 radical (unpaired) electrons. The predicted octanol–water partition coefficient (Wildman–Crippen LogP) is 3.83. The van der Waals surface area contributed by atoms with E-state index in [0.29, 0.717) is 18.4 Å². The second kappa shape index (κ2) is 6.65. The van der Waals surface area contributed by atoms with Crippen molar-refractivity contribution in [1.29, 1.82) is 0 Å². The van der Waals surface area contributed by atoms with Gasteiger partial charge in [-0.1, -0.05) is 18.2 Å². The van der Waals surface area contributed by atoms with Crippen LogP contribution in [-0.2, 0) is 12.8 Å². The van der Waals surface area contributed by atoms with E-state index in [9.17, 15) is 4.39 Å². The van der Waals surface area contributed by atoms with Crippen molar-refractivity contribution in [1.82, 2.24) is 10.3 Å². The monoisotopic (exact) mass is 324 g/mol. The van der Waals surface area contributed by atoms with E-state index in [2.05, 4.69) is 34.6 Å². The lowest BCUT2D eigenvalue weighted by Gasteiger charge is -2.23. The van der Waals surface area contributed by atoms with Gasteiger partial charge in [0, 0.05) is 29.2 Å². The first-order valence-corrected chi connectivity index (χ1v) is 8.50. The van der Waals surface area contributed by atoms with Gasteiger partial charge in [0.05, 0.1) is 0 Å². The first-order chi connectivity index (χ1) is 11.8. The third-order valence-corrected chi connectivity index (χ3v) is 4.71. The van der Waals surface area contributed by atoms with Crippen LogP contribution in [0.3, 0.4) is 0 Å². The summed E-state index contributed by atoms with van der Waals surface area (Å²) in [7, 11) is 0. The lowest BCUT2D eigenvalue weighted by atomic mass is 9.91. The molecular formula is C20H21FN2O. The molecule has 0 bridgehead atoms. The van der Waals surface area contributed by atoms with Crippen LogP contribution in [0.1, 0.15) is 17.7 Å². The molecule has 4 rings (SSSR count). The lowest BCUT2D eigenvalue weighted by molar-refractivity contribution is 0.300. The van der Waals surface area contributed by atoms with Gasteiger partial charge < -0.3 is 15.0 Å². The number of halogens is 1. The van der Waals surface area contributed by atoms with Crippen molar-refractivity contribution in [2.75, 3.05) is 13.2 Å². The Bertz CT molecular complexity index is 825. The zero-order valence-electron chi connectivity index (χ0n) is 13.5. The molecule has 3 aromatic rings. The molecule has 0 fully saturated rings. The molecule has 124 valence electrons. The molecule has 4 heteroatoms. The van der Waals surface area contributed by atoms with Crippen LogP contribution in [-0.4, -0.2) is 24.2 Å². The van der Waals surface area contributed by atoms with Gasteiger partial charge in [0.1, 0.15) is 18.2 Å². The fraction of sp³-hybridized carbons (Fsp3) is 0.300. The number of aromatic nitrogens is 1. The molecule has 2 N–H and O–H groups in total. The summed E-state index contributed by atoms with van der Waals surface area (Å²) >= 11 is 0. The van der Waals surface area contributed by atoms with Crippen molar-refractivity contribution >= 4 is 10.9 Å². The minimum absolute atomic E-state index is 0.239. The maximum absolute atomic E-state index is 12.9. The Balaban J connectivity index is 1.31. The molecule has 2 aromatic carbocycles. The number of hydrogen-bond donors (Lipinski definition) is 2. The number of rotatable bonds is 5. The molecule has 1 aliphatic carbocycles. The van der Waals surface area contributed by atoms with E-state index in [1.54, 1.807) is 12.1 Å². The molecule has 1 unspecified atom stereocenters. The molecule has 1 heterocycles. The van der Waals surface area contributed by atoms with E-state index >= 15 is 0 Å². The molecule has 0 aliphatic heterocycles. The Labute approximate surface area is 140 Å². The third-order valence-electron chi connectivity index (χ3n) is 4.71. The number of aromatic amines is 1. The summed E-state index contributed by atoms with van der Waals surface area (Å²) in [5.41, 5.74) is 4.08. The van der Waals surface area contributed by atoms with Gasteiger partial charge >= 0.3 is 0 Å². The number of para-hydroxylation sites is 1. The fourth-order valence-electron chi connectivity index (χ4n) is 3.51. The number of hydrogen-bond acceptors (Lipinski definition) is 2. The SMILES string of the molecule is Fc1ccc(OCCNC2CCc3[nH]c4ccccc4c3C2)cc1. The summed E-state index contributed by atoms with van der Waals surface area (Å²) in [4.78, 5) is 3.55. The maximum Gasteiger partial charge on any atom is 0.123 e. The number of fused-ring (bicyclic) bond motifs is 3. The number of ether oxygens (including phenoxy) is 1. The van der Waals surface area contributed by atoms with Gasteiger partial charge in [0.15, 0.2) is 0 Å². The first kappa shape index (κ1) is 15.2. The van der Waals surface area contributed by atoms with Crippen LogP contribution < -0.4 is 10.1 Å². The van der Waals surface area contributed by atoms with E-state index in [1.807, 2.05) is 0 Å². The zero-order valence-corrected chi connectivity index (χ0v) is 13.5. The van der Waals surface area contributed by atoms with Gasteiger partial charge in [-0.15, -0.1) is 0 Å². The number of H-pyrrole nitrogens is 1. The minimum atomic E-state index is -0.239. The predicted molar refractivity (Wildman–Crippen MR) is 94.0 cm³/mol. The Kier molecular flexibility index (Phi) is 4.22. The second-order valence-electron chi connectivity index (χ2n) is 6.32. The maximum atomic E-state index is 12.9. The summed E-state index contributed by atoms with van der Waals surface area (Å²) in [6.45, 7) is 1.38. The Morgan fingerprint density at radius 1 is 1.12 bits per heavy atom. The van der Waals surface area contributed by atoms with E-state index in [4.69, 9.17) is 4.74 Å². The highest BCUT2D eigenvalue weighted by atomic mass is 19.1. The van der Waals surface area contributed by atoms with E-state index < -0.39 is 0 Å². The molecular weight excluding hydrogens is 303 g/mol. The molecule has 1 atom stereocenters. The standard InChI is InChI=1S/C20H21FN2O/c21-14-5-8-16(9-6-14)24-12-11-22-15-7-10-20-18(13-15)17-3-1-2-4-19(17)23-20/h1-6,8-9,15,22-23H,7,10-13H2. The van der Waals surface area contributed by atoms with Crippen molar-refractivity contribution in [3.8, 4) is 5.75 Å². The Hall–Kier alpha value is -2.33. The first-order valence-electron chi connectivity index (χ1n) is 8.50. The number of nitrogens with one attached hydrogen (secondary N) is 2. The van der Waals surface area contributed by atoms with Crippen LogP contribution in [0.25, 0.3) is 10.9 Å². The molecule has 0 amide bonds. The summed E-state index contributed by atoms with van der Waals surface area (Å²) < 4.78 is 18.5. The van der Waals surface area contributed by atoms with Gasteiger partial charge in [-0.25, -0.2) is 4.39 Å². The third kappa shape index (κ3) is 3.15. The van der Waals surface area contributed by atoms with Crippen LogP contribution in [0.15, 0.2) is 48.5 Å². The van der Waals surface area contributed by atoms with Crippen LogP contribution >= 0.6 is 0 Å². The summed E-state index contributed by atoms with van der Waals surface area (Å²) in [6.07, 6.45) is 3.27. The summed E-state index contributed by atoms with van der Waals surface area (Å²) in [6, 6.07) is 15.2. The highest BCUT2D eigenvalue weighted by molar-refractivity contribution is 5.84. The van der Waals surface area contributed by atoms with Crippen molar-refractivity contribution in [2.45, 2.75) is 25.3 Å². The molecule has 0 spiro atoms. The molecule has 3 nitrogen and oxygen atoms in total. The second-order valence-corrected chi connectivity index (χ2v) is 6.32. The van der Waals surface area contributed by atoms with E-state index in [1.165, 1.54) is 34.3 Å². The van der Waals surface area contributed by atoms with Gasteiger partial charge in [-0.3, -0.25) is 0 Å². The molecule has 0 saturated heterocycles. The average Bonchev–Trinajstić information content (AvgIpc) is 2.98. The topological polar surface area (TPSA) is 37.0 Å².